The lowest BCUT2D eigenvalue weighted by atomic mass is 10.2. The van der Waals surface area contributed by atoms with Crippen LogP contribution in [0.1, 0.15) is 6.92 Å². The van der Waals surface area contributed by atoms with Crippen molar-refractivity contribution in [2.45, 2.75) is 13.0 Å². The normalized spacial score (nSPS) is 12.0. The number of likely N-dealkylation sites (N-methyl/N-ethyl adjacent to an activating group) is 1. The number of nitrogens with zero attached hydrogens (tertiary/aromatic N) is 2. The lowest BCUT2D eigenvalue weighted by Gasteiger charge is -2.25. The molecule has 6 heteroatoms. The van der Waals surface area contributed by atoms with Crippen LogP contribution in [0.4, 0.5) is 17.1 Å². The fraction of sp³-hybridized carbons (Fsp3) is 0.455. The highest BCUT2D eigenvalue weighted by molar-refractivity contribution is 5.76. The SMILES string of the molecule is CNc1cccc(N(C)C(C)CO)c1[N+](=O)[O-]. The summed E-state index contributed by atoms with van der Waals surface area (Å²) in [4.78, 5) is 12.4. The second-order valence-electron chi connectivity index (χ2n) is 3.82. The highest BCUT2D eigenvalue weighted by atomic mass is 16.6. The zero-order valence-corrected chi connectivity index (χ0v) is 10.2. The molecule has 0 fully saturated rings. The molecule has 1 atom stereocenters. The molecule has 1 rings (SSSR count). The summed E-state index contributed by atoms with van der Waals surface area (Å²) in [5, 5.41) is 23.0. The molecule has 1 unspecified atom stereocenters. The summed E-state index contributed by atoms with van der Waals surface area (Å²) in [5.74, 6) is 0. The quantitative estimate of drug-likeness (QED) is 0.600. The first-order valence-corrected chi connectivity index (χ1v) is 5.31. The Bertz CT molecular complexity index is 409. The summed E-state index contributed by atoms with van der Waals surface area (Å²) in [7, 11) is 3.37. The van der Waals surface area contributed by atoms with Gasteiger partial charge in [-0.2, -0.15) is 0 Å². The van der Waals surface area contributed by atoms with Crippen molar-refractivity contribution in [3.63, 3.8) is 0 Å². The van der Waals surface area contributed by atoms with E-state index in [0.717, 1.165) is 0 Å². The minimum Gasteiger partial charge on any atom is -0.394 e. The Morgan fingerprint density at radius 1 is 1.59 bits per heavy atom. The molecule has 1 aromatic rings. The van der Waals surface area contributed by atoms with E-state index in [9.17, 15) is 10.1 Å². The van der Waals surface area contributed by atoms with E-state index in [-0.39, 0.29) is 18.3 Å². The van der Waals surface area contributed by atoms with Crippen LogP contribution in [0, 0.1) is 10.1 Å². The van der Waals surface area contributed by atoms with Crippen LogP contribution >= 0.6 is 0 Å². The van der Waals surface area contributed by atoms with Crippen LogP contribution in [0.3, 0.4) is 0 Å². The Labute approximate surface area is 100 Å². The molecule has 0 spiro atoms. The zero-order valence-electron chi connectivity index (χ0n) is 10.2. The van der Waals surface area contributed by atoms with Crippen molar-refractivity contribution < 1.29 is 10.0 Å². The van der Waals surface area contributed by atoms with E-state index in [1.807, 2.05) is 0 Å². The average Bonchev–Trinajstić information content (AvgIpc) is 2.35. The van der Waals surface area contributed by atoms with Crippen molar-refractivity contribution >= 4 is 17.1 Å². The second-order valence-corrected chi connectivity index (χ2v) is 3.82. The summed E-state index contributed by atoms with van der Waals surface area (Å²) in [6.07, 6.45) is 0. The number of aliphatic hydroxyl groups excluding tert-OH is 1. The summed E-state index contributed by atoms with van der Waals surface area (Å²) in [6.45, 7) is 1.74. The van der Waals surface area contributed by atoms with Crippen LogP contribution in [0.2, 0.25) is 0 Å². The van der Waals surface area contributed by atoms with Crippen LogP contribution in [-0.4, -0.2) is 36.8 Å². The predicted octanol–water partition coefficient (Wildman–Crippen LogP) is 1.45. The van der Waals surface area contributed by atoms with Gasteiger partial charge in [-0.05, 0) is 19.1 Å². The van der Waals surface area contributed by atoms with Gasteiger partial charge >= 0.3 is 5.69 Å². The fourth-order valence-corrected chi connectivity index (χ4v) is 1.57. The summed E-state index contributed by atoms with van der Waals surface area (Å²) < 4.78 is 0. The van der Waals surface area contributed by atoms with Crippen LogP contribution in [0.25, 0.3) is 0 Å². The van der Waals surface area contributed by atoms with Gasteiger partial charge in [-0.1, -0.05) is 6.07 Å². The van der Waals surface area contributed by atoms with E-state index < -0.39 is 4.92 Å². The summed E-state index contributed by atoms with van der Waals surface area (Å²) in [6, 6.07) is 4.89. The minimum absolute atomic E-state index is 0.0257. The molecule has 0 radical (unpaired) electrons. The van der Waals surface area contributed by atoms with E-state index in [1.165, 1.54) is 0 Å². The number of hydrogen-bond donors (Lipinski definition) is 2. The molecular formula is C11H17N3O3. The third-order valence-corrected chi connectivity index (χ3v) is 2.77. The Morgan fingerprint density at radius 3 is 2.71 bits per heavy atom. The lowest BCUT2D eigenvalue weighted by Crippen LogP contribution is -2.32. The van der Waals surface area contributed by atoms with E-state index >= 15 is 0 Å². The summed E-state index contributed by atoms with van der Waals surface area (Å²) in [5.41, 5.74) is 0.977. The number of nitro groups is 1. The van der Waals surface area contributed by atoms with Crippen LogP contribution < -0.4 is 10.2 Å². The Balaban J connectivity index is 3.27. The largest absolute Gasteiger partial charge is 0.394 e. The van der Waals surface area contributed by atoms with E-state index in [2.05, 4.69) is 5.32 Å². The van der Waals surface area contributed by atoms with Gasteiger partial charge in [0, 0.05) is 20.1 Å². The number of aliphatic hydroxyl groups is 1. The molecular weight excluding hydrogens is 222 g/mol. The molecule has 0 aliphatic carbocycles. The Morgan fingerprint density at radius 2 is 2.24 bits per heavy atom. The molecule has 0 aromatic heterocycles. The van der Waals surface area contributed by atoms with E-state index in [1.54, 1.807) is 44.1 Å². The van der Waals surface area contributed by atoms with Gasteiger partial charge in [-0.25, -0.2) is 0 Å². The van der Waals surface area contributed by atoms with Crippen molar-refractivity contribution in [3.05, 3.63) is 28.3 Å². The first kappa shape index (κ1) is 13.2. The molecule has 2 N–H and O–H groups in total. The van der Waals surface area contributed by atoms with Crippen molar-refractivity contribution in [2.24, 2.45) is 0 Å². The number of rotatable bonds is 5. The maximum absolute atomic E-state index is 11.1. The summed E-state index contributed by atoms with van der Waals surface area (Å²) >= 11 is 0. The molecule has 0 bridgehead atoms. The maximum atomic E-state index is 11.1. The molecule has 0 aliphatic rings. The van der Waals surface area contributed by atoms with E-state index in [4.69, 9.17) is 5.11 Å². The molecule has 0 aliphatic heterocycles. The number of benzene rings is 1. The number of anilines is 2. The predicted molar refractivity (Wildman–Crippen MR) is 67.6 cm³/mol. The number of nitrogens with one attached hydrogen (secondary N) is 1. The standard InChI is InChI=1S/C11H17N3O3/c1-8(7-15)13(3)10-6-4-5-9(12-2)11(10)14(16)17/h4-6,8,12,15H,7H2,1-3H3. The van der Waals surface area contributed by atoms with Crippen molar-refractivity contribution in [2.75, 3.05) is 30.9 Å². The first-order chi connectivity index (χ1) is 8.02. The van der Waals surface area contributed by atoms with Gasteiger partial charge in [0.25, 0.3) is 0 Å². The molecule has 94 valence electrons. The number of para-hydroxylation sites is 1. The van der Waals surface area contributed by atoms with Crippen LogP contribution in [0.15, 0.2) is 18.2 Å². The zero-order chi connectivity index (χ0) is 13.0. The van der Waals surface area contributed by atoms with Gasteiger partial charge in [-0.15, -0.1) is 0 Å². The number of nitro benzene ring substituents is 1. The van der Waals surface area contributed by atoms with Crippen molar-refractivity contribution in [1.29, 1.82) is 0 Å². The molecule has 6 nitrogen and oxygen atoms in total. The Kier molecular flexibility index (Phi) is 4.28. The third-order valence-electron chi connectivity index (χ3n) is 2.77. The molecule has 0 amide bonds. The van der Waals surface area contributed by atoms with Gasteiger partial charge in [-0.3, -0.25) is 10.1 Å². The molecule has 0 saturated heterocycles. The van der Waals surface area contributed by atoms with Gasteiger partial charge in [0.05, 0.1) is 11.5 Å². The monoisotopic (exact) mass is 239 g/mol. The Hall–Kier alpha value is -1.82. The van der Waals surface area contributed by atoms with Crippen LogP contribution in [-0.2, 0) is 0 Å². The molecule has 0 heterocycles. The van der Waals surface area contributed by atoms with Gasteiger partial charge in [0.15, 0.2) is 0 Å². The minimum atomic E-state index is -0.415. The molecule has 1 aromatic carbocycles. The number of hydrogen-bond acceptors (Lipinski definition) is 5. The average molecular weight is 239 g/mol. The lowest BCUT2D eigenvalue weighted by molar-refractivity contribution is -0.383. The smallest absolute Gasteiger partial charge is 0.315 e. The highest BCUT2D eigenvalue weighted by Gasteiger charge is 2.23. The third kappa shape index (κ3) is 2.65. The maximum Gasteiger partial charge on any atom is 0.315 e. The van der Waals surface area contributed by atoms with Crippen molar-refractivity contribution in [3.8, 4) is 0 Å². The second kappa shape index (κ2) is 5.49. The first-order valence-electron chi connectivity index (χ1n) is 5.31. The molecule has 0 saturated carbocycles. The van der Waals surface area contributed by atoms with Gasteiger partial charge in [0.2, 0.25) is 0 Å². The topological polar surface area (TPSA) is 78.6 Å². The molecule has 17 heavy (non-hydrogen) atoms. The highest BCUT2D eigenvalue weighted by Crippen LogP contribution is 2.35. The van der Waals surface area contributed by atoms with Gasteiger partial charge in [0.1, 0.15) is 11.4 Å². The van der Waals surface area contributed by atoms with E-state index in [0.29, 0.717) is 11.4 Å². The van der Waals surface area contributed by atoms with Crippen molar-refractivity contribution in [1.82, 2.24) is 0 Å². The van der Waals surface area contributed by atoms with Gasteiger partial charge < -0.3 is 15.3 Å². The fourth-order valence-electron chi connectivity index (χ4n) is 1.57. The van der Waals surface area contributed by atoms with Crippen LogP contribution in [0.5, 0.6) is 0 Å².